The van der Waals surface area contributed by atoms with Crippen molar-refractivity contribution >= 4 is 22.4 Å². The molecule has 2 fully saturated rings. The van der Waals surface area contributed by atoms with E-state index in [1.807, 2.05) is 0 Å². The number of hydrogen-bond donors (Lipinski definition) is 1. The van der Waals surface area contributed by atoms with Crippen molar-refractivity contribution < 1.29 is 9.47 Å². The van der Waals surface area contributed by atoms with E-state index < -0.39 is 0 Å². The third-order valence-corrected chi connectivity index (χ3v) is 6.35. The van der Waals surface area contributed by atoms with Gasteiger partial charge in [0.1, 0.15) is 5.82 Å². The van der Waals surface area contributed by atoms with Gasteiger partial charge in [0.25, 0.3) is 0 Å². The Kier molecular flexibility index (Phi) is 5.56. The summed E-state index contributed by atoms with van der Waals surface area (Å²) in [5.41, 5.74) is 12.2. The molecule has 2 aliphatic rings. The van der Waals surface area contributed by atoms with E-state index in [4.69, 9.17) is 15.2 Å². The van der Waals surface area contributed by atoms with Gasteiger partial charge < -0.3 is 20.1 Å². The molecule has 0 aliphatic carbocycles. The van der Waals surface area contributed by atoms with Gasteiger partial charge in [-0.25, -0.2) is 4.98 Å². The third kappa shape index (κ3) is 4.00. The Bertz CT molecular complexity index is 1020. The number of aromatic nitrogens is 1. The molecular formula is C25H29N3O2. The molecule has 0 unspecified atom stereocenters. The van der Waals surface area contributed by atoms with Crippen LogP contribution in [0.3, 0.4) is 0 Å². The first-order chi connectivity index (χ1) is 14.8. The van der Waals surface area contributed by atoms with Gasteiger partial charge >= 0.3 is 0 Å². The molecular weight excluding hydrogens is 374 g/mol. The number of nitrogens with two attached hydrogens (primary N) is 1. The minimum absolute atomic E-state index is 0.595. The zero-order valence-electron chi connectivity index (χ0n) is 17.3. The van der Waals surface area contributed by atoms with Crippen LogP contribution >= 0.6 is 0 Å². The van der Waals surface area contributed by atoms with Gasteiger partial charge in [-0.1, -0.05) is 30.3 Å². The minimum atomic E-state index is 0.595. The maximum Gasteiger partial charge on any atom is 0.147 e. The Morgan fingerprint density at radius 1 is 0.933 bits per heavy atom. The molecule has 2 saturated heterocycles. The smallest absolute Gasteiger partial charge is 0.147 e. The molecule has 1 aromatic heterocycles. The summed E-state index contributed by atoms with van der Waals surface area (Å²) in [4.78, 5) is 6.96. The van der Waals surface area contributed by atoms with Crippen LogP contribution in [0.1, 0.15) is 18.4 Å². The molecule has 5 nitrogen and oxygen atoms in total. The summed E-state index contributed by atoms with van der Waals surface area (Å²) in [7, 11) is 0. The zero-order chi connectivity index (χ0) is 20.3. The van der Waals surface area contributed by atoms with Crippen LogP contribution in [-0.2, 0) is 15.9 Å². The largest absolute Gasteiger partial charge is 0.382 e. The van der Waals surface area contributed by atoms with Crippen LogP contribution in [0.2, 0.25) is 0 Å². The maximum absolute atomic E-state index is 6.29. The fourth-order valence-corrected chi connectivity index (χ4v) is 4.65. The molecule has 3 heterocycles. The summed E-state index contributed by atoms with van der Waals surface area (Å²) in [5, 5.41) is 1.13. The van der Waals surface area contributed by atoms with E-state index in [-0.39, 0.29) is 0 Å². The number of anilines is 2. The van der Waals surface area contributed by atoms with Gasteiger partial charge in [-0.2, -0.15) is 0 Å². The zero-order valence-corrected chi connectivity index (χ0v) is 17.3. The van der Waals surface area contributed by atoms with Crippen LogP contribution in [0.25, 0.3) is 22.0 Å². The molecule has 30 heavy (non-hydrogen) atoms. The Morgan fingerprint density at radius 2 is 1.70 bits per heavy atom. The Labute approximate surface area is 177 Å². The van der Waals surface area contributed by atoms with Crippen LogP contribution in [-0.4, -0.2) is 44.5 Å². The highest BCUT2D eigenvalue weighted by Crippen LogP contribution is 2.33. The fraction of sp³-hybridized carbons (Fsp3) is 0.400. The van der Waals surface area contributed by atoms with Crippen molar-refractivity contribution in [1.29, 1.82) is 0 Å². The van der Waals surface area contributed by atoms with Gasteiger partial charge in [0.05, 0.1) is 24.4 Å². The topological polar surface area (TPSA) is 60.6 Å². The van der Waals surface area contributed by atoms with Gasteiger partial charge in [0.15, 0.2) is 0 Å². The second-order valence-corrected chi connectivity index (χ2v) is 8.32. The summed E-state index contributed by atoms with van der Waals surface area (Å²) >= 11 is 0. The lowest BCUT2D eigenvalue weighted by Gasteiger charge is -2.29. The van der Waals surface area contributed by atoms with Gasteiger partial charge in [0.2, 0.25) is 0 Å². The molecule has 5 rings (SSSR count). The molecule has 0 bridgehead atoms. The number of benzene rings is 2. The molecule has 0 saturated carbocycles. The van der Waals surface area contributed by atoms with Crippen molar-refractivity contribution in [3.8, 4) is 11.1 Å². The van der Waals surface area contributed by atoms with Crippen LogP contribution < -0.4 is 10.6 Å². The van der Waals surface area contributed by atoms with E-state index in [1.165, 1.54) is 16.7 Å². The molecule has 0 amide bonds. The van der Waals surface area contributed by atoms with E-state index in [9.17, 15) is 0 Å². The molecule has 0 atom stereocenters. The highest BCUT2D eigenvalue weighted by Gasteiger charge is 2.18. The lowest BCUT2D eigenvalue weighted by molar-refractivity contribution is 0.0666. The van der Waals surface area contributed by atoms with Crippen molar-refractivity contribution in [3.05, 3.63) is 54.1 Å². The summed E-state index contributed by atoms with van der Waals surface area (Å²) in [6.45, 7) is 4.95. The standard InChI is InChI=1S/C25H29N3O2/c26-25-24(28-9-13-30-14-10-28)17-21-16-20(5-6-23(21)27-25)22-4-2-1-3-19(22)15-18-7-11-29-12-8-18/h1-6,16-18H,7-15H2,(H2,26,27). The average molecular weight is 404 g/mol. The number of nitrogens with zero attached hydrogens (tertiary/aromatic N) is 2. The number of morpholine rings is 1. The predicted octanol–water partition coefficient (Wildman–Crippen LogP) is 4.29. The molecule has 0 radical (unpaired) electrons. The van der Waals surface area contributed by atoms with Crippen molar-refractivity contribution in [1.82, 2.24) is 4.98 Å². The number of rotatable bonds is 4. The minimum Gasteiger partial charge on any atom is -0.382 e. The highest BCUT2D eigenvalue weighted by molar-refractivity contribution is 5.90. The van der Waals surface area contributed by atoms with E-state index in [1.54, 1.807) is 0 Å². The number of fused-ring (bicyclic) bond motifs is 1. The van der Waals surface area contributed by atoms with Crippen molar-refractivity contribution in [3.63, 3.8) is 0 Å². The molecule has 2 aliphatic heterocycles. The first kappa shape index (κ1) is 19.3. The van der Waals surface area contributed by atoms with Crippen molar-refractivity contribution in [2.75, 3.05) is 50.2 Å². The van der Waals surface area contributed by atoms with E-state index in [0.717, 1.165) is 75.4 Å². The number of pyridine rings is 1. The normalized spacial score (nSPS) is 18.1. The first-order valence-electron chi connectivity index (χ1n) is 11.0. The molecule has 156 valence electrons. The summed E-state index contributed by atoms with van der Waals surface area (Å²) in [5.74, 6) is 1.30. The predicted molar refractivity (Wildman–Crippen MR) is 122 cm³/mol. The van der Waals surface area contributed by atoms with Crippen LogP contribution in [0.5, 0.6) is 0 Å². The Balaban J connectivity index is 1.49. The Morgan fingerprint density at radius 3 is 2.53 bits per heavy atom. The molecule has 5 heteroatoms. The van der Waals surface area contributed by atoms with Gasteiger partial charge in [-0.3, -0.25) is 0 Å². The van der Waals surface area contributed by atoms with E-state index >= 15 is 0 Å². The third-order valence-electron chi connectivity index (χ3n) is 6.35. The Hall–Kier alpha value is -2.63. The second kappa shape index (κ2) is 8.62. The average Bonchev–Trinajstić information content (AvgIpc) is 2.80. The van der Waals surface area contributed by atoms with Gasteiger partial charge in [-0.05, 0) is 60.1 Å². The summed E-state index contributed by atoms with van der Waals surface area (Å²) in [6, 6.07) is 17.5. The summed E-state index contributed by atoms with van der Waals surface area (Å²) < 4.78 is 11.0. The quantitative estimate of drug-likeness (QED) is 0.704. The monoisotopic (exact) mass is 403 g/mol. The van der Waals surface area contributed by atoms with E-state index in [2.05, 4.69) is 58.4 Å². The second-order valence-electron chi connectivity index (χ2n) is 8.32. The molecule has 2 N–H and O–H groups in total. The lowest BCUT2D eigenvalue weighted by atomic mass is 9.88. The molecule has 2 aromatic carbocycles. The van der Waals surface area contributed by atoms with Crippen LogP contribution in [0, 0.1) is 5.92 Å². The number of hydrogen-bond acceptors (Lipinski definition) is 5. The maximum atomic E-state index is 6.29. The van der Waals surface area contributed by atoms with Crippen molar-refractivity contribution in [2.24, 2.45) is 5.92 Å². The highest BCUT2D eigenvalue weighted by atomic mass is 16.5. The van der Waals surface area contributed by atoms with Crippen LogP contribution in [0.4, 0.5) is 11.5 Å². The molecule has 3 aromatic rings. The lowest BCUT2D eigenvalue weighted by Crippen LogP contribution is -2.36. The van der Waals surface area contributed by atoms with Gasteiger partial charge in [0, 0.05) is 31.7 Å². The molecule has 0 spiro atoms. The summed E-state index contributed by atoms with van der Waals surface area (Å²) in [6.07, 6.45) is 3.41. The van der Waals surface area contributed by atoms with Crippen molar-refractivity contribution in [2.45, 2.75) is 19.3 Å². The first-order valence-corrected chi connectivity index (χ1v) is 11.0. The van der Waals surface area contributed by atoms with E-state index in [0.29, 0.717) is 11.7 Å². The fourth-order valence-electron chi connectivity index (χ4n) is 4.65. The van der Waals surface area contributed by atoms with Gasteiger partial charge in [-0.15, -0.1) is 0 Å². The van der Waals surface area contributed by atoms with Crippen LogP contribution in [0.15, 0.2) is 48.5 Å². The SMILES string of the molecule is Nc1nc2ccc(-c3ccccc3CC3CCOCC3)cc2cc1N1CCOCC1. The number of nitrogen functional groups attached to an aromatic ring is 1. The number of ether oxygens (including phenoxy) is 2.